The molecule has 1 aliphatic heterocycles. The smallest absolute Gasteiger partial charge is 0.222 e. The first kappa shape index (κ1) is 21.5. The van der Waals surface area contributed by atoms with Crippen LogP contribution in [0, 0.1) is 0 Å². The summed E-state index contributed by atoms with van der Waals surface area (Å²) < 4.78 is 0. The quantitative estimate of drug-likeness (QED) is 0.370. The van der Waals surface area contributed by atoms with E-state index >= 15 is 0 Å². The average molecular weight is 424 g/mol. The Morgan fingerprint density at radius 3 is 2.68 bits per heavy atom. The highest BCUT2D eigenvalue weighted by molar-refractivity contribution is 14.0. The third-order valence-electron chi connectivity index (χ3n) is 4.20. The second-order valence-corrected chi connectivity index (χ2v) is 5.79. The molecule has 0 aromatic rings. The maximum absolute atomic E-state index is 11.8. The Bertz CT molecular complexity index is 349. The first-order chi connectivity index (χ1) is 10.1. The van der Waals surface area contributed by atoms with Crippen LogP contribution in [-0.2, 0) is 4.79 Å². The first-order valence-electron chi connectivity index (χ1n) is 8.35. The van der Waals surface area contributed by atoms with E-state index in [0.717, 1.165) is 51.3 Å². The molecule has 1 saturated heterocycles. The number of rotatable bonds is 8. The maximum Gasteiger partial charge on any atom is 0.222 e. The number of nitrogens with one attached hydrogen (secondary N) is 1. The summed E-state index contributed by atoms with van der Waals surface area (Å²) in [5.74, 6) is 1.28. The Hall–Kier alpha value is -0.530. The summed E-state index contributed by atoms with van der Waals surface area (Å²) in [7, 11) is 3.90. The van der Waals surface area contributed by atoms with E-state index in [4.69, 9.17) is 0 Å². The van der Waals surface area contributed by atoms with E-state index < -0.39 is 0 Å². The lowest BCUT2D eigenvalue weighted by Crippen LogP contribution is -2.42. The molecule has 1 aliphatic rings. The lowest BCUT2D eigenvalue weighted by Gasteiger charge is -2.28. The topological polar surface area (TPSA) is 47.9 Å². The number of hydrogen-bond acceptors (Lipinski definition) is 2. The van der Waals surface area contributed by atoms with Crippen LogP contribution in [0.25, 0.3) is 0 Å². The molecule has 0 bridgehead atoms. The van der Waals surface area contributed by atoms with Gasteiger partial charge in [0.2, 0.25) is 5.91 Å². The van der Waals surface area contributed by atoms with Gasteiger partial charge in [-0.1, -0.05) is 20.3 Å². The summed E-state index contributed by atoms with van der Waals surface area (Å²) in [5, 5.41) is 3.42. The van der Waals surface area contributed by atoms with Crippen molar-refractivity contribution in [1.82, 2.24) is 15.1 Å². The van der Waals surface area contributed by atoms with E-state index in [1.807, 2.05) is 7.05 Å². The minimum atomic E-state index is 0. The zero-order valence-corrected chi connectivity index (χ0v) is 16.9. The highest BCUT2D eigenvalue weighted by Gasteiger charge is 2.26. The summed E-state index contributed by atoms with van der Waals surface area (Å²) in [6, 6.07) is 0.367. The fourth-order valence-corrected chi connectivity index (χ4v) is 2.87. The van der Waals surface area contributed by atoms with E-state index in [0.29, 0.717) is 11.9 Å². The maximum atomic E-state index is 11.8. The van der Waals surface area contributed by atoms with Crippen LogP contribution in [0.2, 0.25) is 0 Å². The van der Waals surface area contributed by atoms with Crippen LogP contribution in [0.5, 0.6) is 0 Å². The molecule has 0 aliphatic carbocycles. The Morgan fingerprint density at radius 1 is 1.45 bits per heavy atom. The molecule has 1 heterocycles. The molecule has 0 saturated carbocycles. The normalized spacial score (nSPS) is 16.5. The van der Waals surface area contributed by atoms with E-state index in [1.54, 1.807) is 0 Å². The third-order valence-corrected chi connectivity index (χ3v) is 4.20. The molecule has 1 unspecified atom stereocenters. The molecule has 0 radical (unpaired) electrons. The van der Waals surface area contributed by atoms with Crippen LogP contribution in [0.1, 0.15) is 52.4 Å². The van der Waals surface area contributed by atoms with Crippen molar-refractivity contribution in [2.45, 2.75) is 58.4 Å². The van der Waals surface area contributed by atoms with Gasteiger partial charge < -0.3 is 15.1 Å². The molecule has 0 spiro atoms. The van der Waals surface area contributed by atoms with Crippen LogP contribution < -0.4 is 5.32 Å². The van der Waals surface area contributed by atoms with Gasteiger partial charge in [0.15, 0.2) is 5.96 Å². The van der Waals surface area contributed by atoms with Crippen molar-refractivity contribution in [3.05, 3.63) is 0 Å². The summed E-state index contributed by atoms with van der Waals surface area (Å²) in [4.78, 5) is 20.4. The molecular weight excluding hydrogens is 391 g/mol. The molecule has 1 rings (SSSR count). The molecule has 1 fully saturated rings. The lowest BCUT2D eigenvalue weighted by molar-refractivity contribution is -0.129. The first-order valence-corrected chi connectivity index (χ1v) is 8.35. The Labute approximate surface area is 152 Å². The molecule has 5 nitrogen and oxygen atoms in total. The van der Waals surface area contributed by atoms with E-state index in [-0.39, 0.29) is 24.0 Å². The van der Waals surface area contributed by atoms with Gasteiger partial charge in [0.05, 0.1) is 0 Å². The number of amides is 1. The van der Waals surface area contributed by atoms with Gasteiger partial charge in [-0.2, -0.15) is 0 Å². The van der Waals surface area contributed by atoms with Crippen molar-refractivity contribution >= 4 is 35.8 Å². The highest BCUT2D eigenvalue weighted by Crippen LogP contribution is 2.17. The molecule has 6 heteroatoms. The number of nitrogens with zero attached hydrogens (tertiary/aromatic N) is 3. The molecule has 1 N–H and O–H groups in total. The monoisotopic (exact) mass is 424 g/mol. The molecule has 0 aromatic heterocycles. The Balaban J connectivity index is 0.00000441. The summed E-state index contributed by atoms with van der Waals surface area (Å²) in [5.41, 5.74) is 0. The number of halogens is 1. The molecule has 22 heavy (non-hydrogen) atoms. The number of carbonyl (C=O) groups excluding carboxylic acids is 1. The van der Waals surface area contributed by atoms with Crippen molar-refractivity contribution in [3.63, 3.8) is 0 Å². The summed E-state index contributed by atoms with van der Waals surface area (Å²) in [6.07, 6.45) is 6.13. The molecule has 0 aromatic carbocycles. The fourth-order valence-electron chi connectivity index (χ4n) is 2.87. The van der Waals surface area contributed by atoms with Crippen LogP contribution in [0.4, 0.5) is 0 Å². The summed E-state index contributed by atoms with van der Waals surface area (Å²) >= 11 is 0. The van der Waals surface area contributed by atoms with Crippen molar-refractivity contribution < 1.29 is 4.79 Å². The van der Waals surface area contributed by atoms with Crippen LogP contribution in [0.3, 0.4) is 0 Å². The number of guanidine groups is 1. The van der Waals surface area contributed by atoms with Crippen molar-refractivity contribution in [1.29, 1.82) is 0 Å². The predicted octanol–water partition coefficient (Wildman–Crippen LogP) is 2.70. The second-order valence-electron chi connectivity index (χ2n) is 5.79. The predicted molar refractivity (Wildman–Crippen MR) is 104 cm³/mol. The van der Waals surface area contributed by atoms with Gasteiger partial charge in [-0.05, 0) is 25.7 Å². The second kappa shape index (κ2) is 12.0. The minimum absolute atomic E-state index is 0. The number of unbranched alkanes of at least 4 members (excludes halogenated alkanes) is 1. The van der Waals surface area contributed by atoms with E-state index in [1.165, 1.54) is 12.8 Å². The van der Waals surface area contributed by atoms with Gasteiger partial charge in [-0.15, -0.1) is 24.0 Å². The van der Waals surface area contributed by atoms with Gasteiger partial charge >= 0.3 is 0 Å². The zero-order chi connectivity index (χ0) is 15.7. The lowest BCUT2D eigenvalue weighted by atomic mass is 10.1. The fraction of sp³-hybridized carbons (Fsp3) is 0.875. The highest BCUT2D eigenvalue weighted by atomic mass is 127. The van der Waals surface area contributed by atoms with Gasteiger partial charge in [-0.3, -0.25) is 9.79 Å². The number of hydrogen-bond donors (Lipinski definition) is 1. The minimum Gasteiger partial charge on any atom is -0.356 e. The molecular formula is C16H33IN4O. The van der Waals surface area contributed by atoms with Gasteiger partial charge in [-0.25, -0.2) is 0 Å². The Morgan fingerprint density at radius 2 is 2.18 bits per heavy atom. The number of likely N-dealkylation sites (tertiary alicyclic amines) is 1. The van der Waals surface area contributed by atoms with Crippen LogP contribution in [-0.4, -0.2) is 61.4 Å². The number of aliphatic imine (C=N–C) groups is 1. The van der Waals surface area contributed by atoms with Crippen LogP contribution >= 0.6 is 24.0 Å². The molecule has 130 valence electrons. The van der Waals surface area contributed by atoms with Crippen LogP contribution in [0.15, 0.2) is 4.99 Å². The Kier molecular flexibility index (Phi) is 11.7. The SMILES string of the molecule is CCCCN(C)C(=NC)NCCC(CC)N1CCCC1=O.I. The van der Waals surface area contributed by atoms with Crippen molar-refractivity contribution in [3.8, 4) is 0 Å². The molecule has 1 amide bonds. The van der Waals surface area contributed by atoms with Gasteiger partial charge in [0.1, 0.15) is 0 Å². The number of carbonyl (C=O) groups is 1. The van der Waals surface area contributed by atoms with Gasteiger partial charge in [0.25, 0.3) is 0 Å². The zero-order valence-electron chi connectivity index (χ0n) is 14.6. The summed E-state index contributed by atoms with van der Waals surface area (Å²) in [6.45, 7) is 7.19. The van der Waals surface area contributed by atoms with Crippen molar-refractivity contribution in [2.24, 2.45) is 4.99 Å². The standard InChI is InChI=1S/C16H32N4O.HI/c1-5-7-12-19(4)16(17-3)18-11-10-14(6-2)20-13-8-9-15(20)21;/h14H,5-13H2,1-4H3,(H,17,18);1H. The van der Waals surface area contributed by atoms with Crippen molar-refractivity contribution in [2.75, 3.05) is 33.7 Å². The third kappa shape index (κ3) is 6.71. The largest absolute Gasteiger partial charge is 0.356 e. The van der Waals surface area contributed by atoms with E-state index in [2.05, 4.69) is 41.0 Å². The molecule has 1 atom stereocenters. The van der Waals surface area contributed by atoms with E-state index in [9.17, 15) is 4.79 Å². The average Bonchev–Trinajstić information content (AvgIpc) is 2.91. The van der Waals surface area contributed by atoms with Gasteiger partial charge in [0, 0.05) is 46.2 Å².